The fraction of sp³-hybridized carbons (Fsp3) is 0.625. The minimum Gasteiger partial charge on any atom is -0.388 e. The van der Waals surface area contributed by atoms with Gasteiger partial charge >= 0.3 is 0 Å². The first-order chi connectivity index (χ1) is 9.91. The van der Waals surface area contributed by atoms with Gasteiger partial charge in [0.1, 0.15) is 0 Å². The predicted octanol–water partition coefficient (Wildman–Crippen LogP) is 3.30. The highest BCUT2D eigenvalue weighted by molar-refractivity contribution is 7.89. The van der Waals surface area contributed by atoms with E-state index in [4.69, 9.17) is 0 Å². The summed E-state index contributed by atoms with van der Waals surface area (Å²) in [6.07, 6.45) is 3.92. The van der Waals surface area contributed by atoms with Gasteiger partial charge in [-0.1, -0.05) is 13.3 Å². The third-order valence-electron chi connectivity index (χ3n) is 4.00. The van der Waals surface area contributed by atoms with Gasteiger partial charge in [-0.3, -0.25) is 0 Å². The van der Waals surface area contributed by atoms with Crippen molar-refractivity contribution in [3.63, 3.8) is 0 Å². The Kier molecular flexibility index (Phi) is 4.94. The van der Waals surface area contributed by atoms with Gasteiger partial charge in [0.25, 0.3) is 0 Å². The fourth-order valence-electron chi connectivity index (χ4n) is 2.79. The normalized spacial score (nSPS) is 15.5. The lowest BCUT2D eigenvalue weighted by Gasteiger charge is -2.24. The molecule has 21 heavy (non-hydrogen) atoms. The molecule has 0 spiro atoms. The summed E-state index contributed by atoms with van der Waals surface area (Å²) in [7, 11) is -1.54. The first kappa shape index (κ1) is 16.3. The maximum Gasteiger partial charge on any atom is 0.243 e. The molecule has 0 amide bonds. The minimum atomic E-state index is -3.39. The van der Waals surface area contributed by atoms with Crippen molar-refractivity contribution in [3.8, 4) is 0 Å². The zero-order valence-electron chi connectivity index (χ0n) is 13.4. The SMILES string of the molecule is CCCCN(C1CC1)S(=O)(=O)c1c(C)cc(NC)cc1C. The highest BCUT2D eigenvalue weighted by Gasteiger charge is 2.38. The molecule has 1 aromatic carbocycles. The molecule has 0 saturated heterocycles. The van der Waals surface area contributed by atoms with Gasteiger partial charge in [-0.15, -0.1) is 0 Å². The van der Waals surface area contributed by atoms with Crippen molar-refractivity contribution >= 4 is 15.7 Å². The van der Waals surface area contributed by atoms with E-state index in [9.17, 15) is 8.42 Å². The largest absolute Gasteiger partial charge is 0.388 e. The Balaban J connectivity index is 2.42. The van der Waals surface area contributed by atoms with Crippen LogP contribution in [0.15, 0.2) is 17.0 Å². The van der Waals surface area contributed by atoms with Gasteiger partial charge in [0.15, 0.2) is 0 Å². The van der Waals surface area contributed by atoms with E-state index in [2.05, 4.69) is 12.2 Å². The summed E-state index contributed by atoms with van der Waals surface area (Å²) in [6.45, 7) is 6.49. The van der Waals surface area contributed by atoms with Crippen LogP contribution in [0.3, 0.4) is 0 Å². The predicted molar refractivity (Wildman–Crippen MR) is 87.3 cm³/mol. The van der Waals surface area contributed by atoms with Crippen molar-refractivity contribution in [1.82, 2.24) is 4.31 Å². The van der Waals surface area contributed by atoms with Crippen LogP contribution in [0.4, 0.5) is 5.69 Å². The van der Waals surface area contributed by atoms with E-state index < -0.39 is 10.0 Å². The molecule has 5 heteroatoms. The topological polar surface area (TPSA) is 49.4 Å². The summed E-state index contributed by atoms with van der Waals surface area (Å²) in [4.78, 5) is 0.490. The van der Waals surface area contributed by atoms with Crippen LogP contribution in [0, 0.1) is 13.8 Å². The quantitative estimate of drug-likeness (QED) is 0.840. The summed E-state index contributed by atoms with van der Waals surface area (Å²) in [5.74, 6) is 0. The molecule has 0 aromatic heterocycles. The van der Waals surface area contributed by atoms with Crippen LogP contribution in [-0.2, 0) is 10.0 Å². The van der Waals surface area contributed by atoms with Gasteiger partial charge in [0.05, 0.1) is 4.90 Å². The lowest BCUT2D eigenvalue weighted by Crippen LogP contribution is -2.35. The Hall–Kier alpha value is -1.07. The van der Waals surface area contributed by atoms with E-state index in [1.165, 1.54) is 0 Å². The van der Waals surface area contributed by atoms with Crippen LogP contribution in [0.25, 0.3) is 0 Å². The molecule has 1 aliphatic rings. The molecule has 1 aliphatic carbocycles. The summed E-state index contributed by atoms with van der Waals surface area (Å²) < 4.78 is 27.9. The molecule has 1 aromatic rings. The molecule has 0 atom stereocenters. The standard InChI is InChI=1S/C16H26N2O2S/c1-5-6-9-18(15-7-8-15)21(19,20)16-12(2)10-14(17-4)11-13(16)3/h10-11,15,17H,5-9H2,1-4H3. The third kappa shape index (κ3) is 3.40. The zero-order valence-corrected chi connectivity index (χ0v) is 14.3. The molecule has 0 bridgehead atoms. The summed E-state index contributed by atoms with van der Waals surface area (Å²) in [5, 5.41) is 3.08. The van der Waals surface area contributed by atoms with E-state index in [1.807, 2.05) is 33.0 Å². The van der Waals surface area contributed by atoms with E-state index >= 15 is 0 Å². The van der Waals surface area contributed by atoms with Gasteiger partial charge in [0, 0.05) is 25.3 Å². The third-order valence-corrected chi connectivity index (χ3v) is 6.26. The maximum absolute atomic E-state index is 13.1. The Morgan fingerprint density at radius 3 is 2.24 bits per heavy atom. The van der Waals surface area contributed by atoms with E-state index in [0.29, 0.717) is 11.4 Å². The molecule has 2 rings (SSSR count). The van der Waals surface area contributed by atoms with Crippen molar-refractivity contribution < 1.29 is 8.42 Å². The minimum absolute atomic E-state index is 0.212. The van der Waals surface area contributed by atoms with E-state index in [0.717, 1.165) is 42.5 Å². The number of sulfonamides is 1. The molecule has 0 unspecified atom stereocenters. The second kappa shape index (κ2) is 6.36. The first-order valence-corrected chi connectivity index (χ1v) is 9.16. The molecular formula is C16H26N2O2S. The van der Waals surface area contributed by atoms with Crippen LogP contribution < -0.4 is 5.32 Å². The molecule has 0 heterocycles. The van der Waals surface area contributed by atoms with Crippen LogP contribution in [0.5, 0.6) is 0 Å². The first-order valence-electron chi connectivity index (χ1n) is 7.72. The Bertz CT molecular complexity index is 584. The number of nitrogens with one attached hydrogen (secondary N) is 1. The number of unbranched alkanes of at least 4 members (excludes halogenated alkanes) is 1. The molecule has 4 nitrogen and oxygen atoms in total. The van der Waals surface area contributed by atoms with Crippen LogP contribution in [0.2, 0.25) is 0 Å². The Morgan fingerprint density at radius 1 is 1.24 bits per heavy atom. The van der Waals surface area contributed by atoms with Crippen molar-refractivity contribution in [1.29, 1.82) is 0 Å². The van der Waals surface area contributed by atoms with Crippen LogP contribution >= 0.6 is 0 Å². The summed E-state index contributed by atoms with van der Waals surface area (Å²) in [5.41, 5.74) is 2.60. The van der Waals surface area contributed by atoms with Gasteiger partial charge in [-0.2, -0.15) is 4.31 Å². The molecule has 0 radical (unpaired) electrons. The number of anilines is 1. The van der Waals surface area contributed by atoms with Crippen LogP contribution in [0.1, 0.15) is 43.7 Å². The van der Waals surface area contributed by atoms with Gasteiger partial charge in [-0.25, -0.2) is 8.42 Å². The molecule has 118 valence electrons. The lowest BCUT2D eigenvalue weighted by atomic mass is 10.1. The smallest absolute Gasteiger partial charge is 0.243 e. The van der Waals surface area contributed by atoms with Crippen molar-refractivity contribution in [2.45, 2.75) is 57.4 Å². The van der Waals surface area contributed by atoms with Crippen LogP contribution in [-0.4, -0.2) is 32.4 Å². The fourth-order valence-corrected chi connectivity index (χ4v) is 4.93. The highest BCUT2D eigenvalue weighted by atomic mass is 32.2. The number of rotatable bonds is 7. The zero-order chi connectivity index (χ0) is 15.6. The van der Waals surface area contributed by atoms with Gasteiger partial charge in [-0.05, 0) is 56.4 Å². The number of hydrogen-bond donors (Lipinski definition) is 1. The lowest BCUT2D eigenvalue weighted by molar-refractivity contribution is 0.395. The summed E-state index contributed by atoms with van der Waals surface area (Å²) >= 11 is 0. The summed E-state index contributed by atoms with van der Waals surface area (Å²) in [6, 6.07) is 4.03. The second-order valence-electron chi connectivity index (χ2n) is 5.89. The Morgan fingerprint density at radius 2 is 1.81 bits per heavy atom. The van der Waals surface area contributed by atoms with Crippen molar-refractivity contribution in [2.75, 3.05) is 18.9 Å². The number of benzene rings is 1. The number of aryl methyl sites for hydroxylation is 2. The number of hydrogen-bond acceptors (Lipinski definition) is 3. The van der Waals surface area contributed by atoms with Gasteiger partial charge in [0.2, 0.25) is 10.0 Å². The average molecular weight is 310 g/mol. The molecule has 1 saturated carbocycles. The second-order valence-corrected chi connectivity index (χ2v) is 7.72. The Labute approximate surface area is 128 Å². The highest BCUT2D eigenvalue weighted by Crippen LogP contribution is 2.35. The van der Waals surface area contributed by atoms with E-state index in [-0.39, 0.29) is 6.04 Å². The van der Waals surface area contributed by atoms with Crippen molar-refractivity contribution in [2.24, 2.45) is 0 Å². The maximum atomic E-state index is 13.1. The molecular weight excluding hydrogens is 284 g/mol. The van der Waals surface area contributed by atoms with Gasteiger partial charge < -0.3 is 5.32 Å². The molecule has 1 N–H and O–H groups in total. The molecule has 1 fully saturated rings. The number of nitrogens with zero attached hydrogens (tertiary/aromatic N) is 1. The monoisotopic (exact) mass is 310 g/mol. The van der Waals surface area contributed by atoms with Crippen molar-refractivity contribution in [3.05, 3.63) is 23.3 Å². The van der Waals surface area contributed by atoms with E-state index in [1.54, 1.807) is 4.31 Å². The molecule has 0 aliphatic heterocycles. The average Bonchev–Trinajstić information content (AvgIpc) is 3.22.